The van der Waals surface area contributed by atoms with E-state index in [4.69, 9.17) is 9.26 Å². The number of benzene rings is 1. The summed E-state index contributed by atoms with van der Waals surface area (Å²) < 4.78 is 10.2. The molecule has 0 bridgehead atoms. The third-order valence-corrected chi connectivity index (χ3v) is 4.00. The van der Waals surface area contributed by atoms with Crippen molar-refractivity contribution in [2.24, 2.45) is 0 Å². The van der Waals surface area contributed by atoms with Crippen LogP contribution >= 0.6 is 0 Å². The van der Waals surface area contributed by atoms with Crippen LogP contribution in [0.15, 0.2) is 28.8 Å². The predicted octanol–water partition coefficient (Wildman–Crippen LogP) is 1.40. The third-order valence-electron chi connectivity index (χ3n) is 4.00. The number of hydrogen-bond donors (Lipinski definition) is 2. The van der Waals surface area contributed by atoms with Crippen molar-refractivity contribution >= 4 is 5.91 Å². The van der Waals surface area contributed by atoms with Gasteiger partial charge in [0.15, 0.2) is 0 Å². The van der Waals surface area contributed by atoms with E-state index in [1.807, 2.05) is 6.07 Å². The minimum Gasteiger partial charge on any atom is -0.508 e. The summed E-state index contributed by atoms with van der Waals surface area (Å²) in [5.74, 6) is 0.180. The van der Waals surface area contributed by atoms with E-state index in [2.05, 4.69) is 5.16 Å². The summed E-state index contributed by atoms with van der Waals surface area (Å²) >= 11 is 0. The van der Waals surface area contributed by atoms with Crippen LogP contribution in [-0.2, 0) is 22.4 Å². The van der Waals surface area contributed by atoms with Gasteiger partial charge in [0, 0.05) is 19.7 Å². The number of hydrogen-bond acceptors (Lipinski definition) is 6. The number of nitrogens with zero attached hydrogens (tertiary/aromatic N) is 2. The fourth-order valence-electron chi connectivity index (χ4n) is 2.97. The van der Waals surface area contributed by atoms with Crippen LogP contribution in [0, 0.1) is 0 Å². The number of carbonyl (C=O) groups is 1. The molecule has 3 rings (SSSR count). The number of aromatic hydroxyl groups is 2. The standard InChI is InChI=1S/C16H18N2O5/c1-22-9-14-13-3-2-11(19)6-10(13)4-5-18(14)16(21)8-12-7-15(20)17-23-12/h2-3,6-7,14,19H,4-5,8-9H2,1H3,(H,17,20). The Labute approximate surface area is 133 Å². The topological polar surface area (TPSA) is 96.0 Å². The molecule has 2 aromatic rings. The molecule has 2 heterocycles. The number of fused-ring (bicyclic) bond motifs is 1. The van der Waals surface area contributed by atoms with Crippen molar-refractivity contribution in [3.63, 3.8) is 0 Å². The SMILES string of the molecule is COCC1c2ccc(O)cc2CCN1C(=O)Cc1cc(O)no1. The lowest BCUT2D eigenvalue weighted by atomic mass is 9.92. The van der Waals surface area contributed by atoms with Crippen LogP contribution in [0.1, 0.15) is 22.9 Å². The van der Waals surface area contributed by atoms with E-state index in [0.29, 0.717) is 25.3 Å². The van der Waals surface area contributed by atoms with Crippen molar-refractivity contribution in [1.29, 1.82) is 0 Å². The average molecular weight is 318 g/mol. The smallest absolute Gasteiger partial charge is 0.251 e. The van der Waals surface area contributed by atoms with Gasteiger partial charge >= 0.3 is 0 Å². The molecule has 1 unspecified atom stereocenters. The molecule has 0 aliphatic carbocycles. The number of rotatable bonds is 4. The maximum atomic E-state index is 12.6. The van der Waals surface area contributed by atoms with E-state index >= 15 is 0 Å². The summed E-state index contributed by atoms with van der Waals surface area (Å²) in [4.78, 5) is 14.3. The summed E-state index contributed by atoms with van der Waals surface area (Å²) in [6.45, 7) is 0.897. The molecule has 122 valence electrons. The molecule has 0 saturated carbocycles. The van der Waals surface area contributed by atoms with Gasteiger partial charge in [-0.2, -0.15) is 0 Å². The molecule has 2 N–H and O–H groups in total. The summed E-state index contributed by atoms with van der Waals surface area (Å²) in [5.41, 5.74) is 2.00. The van der Waals surface area contributed by atoms with Crippen LogP contribution in [0.3, 0.4) is 0 Å². The van der Waals surface area contributed by atoms with E-state index in [1.165, 1.54) is 6.07 Å². The highest BCUT2D eigenvalue weighted by Crippen LogP contribution is 2.32. The van der Waals surface area contributed by atoms with E-state index in [0.717, 1.165) is 11.1 Å². The third kappa shape index (κ3) is 3.14. The van der Waals surface area contributed by atoms with Crippen LogP contribution in [0.25, 0.3) is 0 Å². The van der Waals surface area contributed by atoms with E-state index in [-0.39, 0.29) is 30.0 Å². The molecular weight excluding hydrogens is 300 g/mol. The zero-order valence-corrected chi connectivity index (χ0v) is 12.7. The van der Waals surface area contributed by atoms with Crippen molar-refractivity contribution in [3.05, 3.63) is 41.2 Å². The minimum absolute atomic E-state index is 0.0290. The lowest BCUT2D eigenvalue weighted by molar-refractivity contribution is -0.135. The molecular formula is C16H18N2O5. The summed E-state index contributed by atoms with van der Waals surface area (Å²) in [7, 11) is 1.59. The molecule has 7 nitrogen and oxygen atoms in total. The van der Waals surface area contributed by atoms with Crippen LogP contribution in [0.5, 0.6) is 11.6 Å². The fourth-order valence-corrected chi connectivity index (χ4v) is 2.97. The first kappa shape index (κ1) is 15.4. The molecule has 0 fully saturated rings. The Morgan fingerprint density at radius 2 is 2.26 bits per heavy atom. The highest BCUT2D eigenvalue weighted by molar-refractivity contribution is 5.79. The molecule has 1 aromatic carbocycles. The summed E-state index contributed by atoms with van der Waals surface area (Å²) in [6, 6.07) is 6.29. The largest absolute Gasteiger partial charge is 0.508 e. The Bertz CT molecular complexity index is 712. The first-order chi connectivity index (χ1) is 11.1. The fraction of sp³-hybridized carbons (Fsp3) is 0.375. The maximum absolute atomic E-state index is 12.6. The Balaban J connectivity index is 1.83. The highest BCUT2D eigenvalue weighted by Gasteiger charge is 2.31. The molecule has 23 heavy (non-hydrogen) atoms. The number of aromatic nitrogens is 1. The minimum atomic E-state index is -0.235. The van der Waals surface area contributed by atoms with Crippen LogP contribution < -0.4 is 0 Å². The van der Waals surface area contributed by atoms with Crippen molar-refractivity contribution in [1.82, 2.24) is 10.1 Å². The van der Waals surface area contributed by atoms with Crippen LogP contribution in [0.2, 0.25) is 0 Å². The average Bonchev–Trinajstić information content (AvgIpc) is 2.92. The Morgan fingerprint density at radius 3 is 2.96 bits per heavy atom. The predicted molar refractivity (Wildman–Crippen MR) is 80.0 cm³/mol. The van der Waals surface area contributed by atoms with Gasteiger partial charge in [0.25, 0.3) is 5.88 Å². The Morgan fingerprint density at radius 1 is 1.43 bits per heavy atom. The zero-order valence-electron chi connectivity index (χ0n) is 12.7. The lowest BCUT2D eigenvalue weighted by Crippen LogP contribution is -2.42. The van der Waals surface area contributed by atoms with E-state index < -0.39 is 0 Å². The summed E-state index contributed by atoms with van der Waals surface area (Å²) in [5, 5.41) is 22.2. The number of carbonyl (C=O) groups excluding carboxylic acids is 1. The molecule has 0 saturated heterocycles. The Kier molecular flexibility index (Phi) is 4.20. The number of ether oxygens (including phenoxy) is 1. The van der Waals surface area contributed by atoms with Gasteiger partial charge in [-0.05, 0) is 34.8 Å². The van der Waals surface area contributed by atoms with Crippen LogP contribution in [-0.4, -0.2) is 46.4 Å². The van der Waals surface area contributed by atoms with Crippen molar-refractivity contribution < 1.29 is 24.3 Å². The molecule has 1 aromatic heterocycles. The van der Waals surface area contributed by atoms with Gasteiger partial charge in [0.05, 0.1) is 19.1 Å². The zero-order chi connectivity index (χ0) is 16.4. The molecule has 0 spiro atoms. The maximum Gasteiger partial charge on any atom is 0.251 e. The number of methoxy groups -OCH3 is 1. The van der Waals surface area contributed by atoms with Gasteiger partial charge in [-0.25, -0.2) is 0 Å². The van der Waals surface area contributed by atoms with Crippen molar-refractivity contribution in [2.45, 2.75) is 18.9 Å². The first-order valence-electron chi connectivity index (χ1n) is 7.33. The number of phenols is 1. The quantitative estimate of drug-likeness (QED) is 0.884. The monoisotopic (exact) mass is 318 g/mol. The van der Waals surface area contributed by atoms with Gasteiger partial charge in [-0.3, -0.25) is 4.79 Å². The molecule has 7 heteroatoms. The normalized spacial score (nSPS) is 17.1. The second-order valence-electron chi connectivity index (χ2n) is 5.52. The second-order valence-corrected chi connectivity index (χ2v) is 5.52. The second kappa shape index (κ2) is 6.29. The first-order valence-corrected chi connectivity index (χ1v) is 7.33. The molecule has 1 amide bonds. The van der Waals surface area contributed by atoms with Gasteiger partial charge in [0.2, 0.25) is 5.91 Å². The van der Waals surface area contributed by atoms with E-state index in [9.17, 15) is 15.0 Å². The van der Waals surface area contributed by atoms with Crippen LogP contribution in [0.4, 0.5) is 0 Å². The van der Waals surface area contributed by atoms with Gasteiger partial charge in [-0.1, -0.05) is 6.07 Å². The molecule has 0 radical (unpaired) electrons. The molecule has 1 aliphatic heterocycles. The van der Waals surface area contributed by atoms with Crippen molar-refractivity contribution in [2.75, 3.05) is 20.3 Å². The lowest BCUT2D eigenvalue weighted by Gasteiger charge is -2.37. The number of phenolic OH excluding ortho intramolecular Hbond substituents is 1. The molecule has 1 atom stereocenters. The van der Waals surface area contributed by atoms with E-state index in [1.54, 1.807) is 24.1 Å². The highest BCUT2D eigenvalue weighted by atomic mass is 16.5. The van der Waals surface area contributed by atoms with Crippen molar-refractivity contribution in [3.8, 4) is 11.6 Å². The van der Waals surface area contributed by atoms with Gasteiger partial charge < -0.3 is 24.4 Å². The molecule has 1 aliphatic rings. The number of amides is 1. The van der Waals surface area contributed by atoms with Gasteiger partial charge in [0.1, 0.15) is 11.5 Å². The summed E-state index contributed by atoms with van der Waals surface area (Å²) in [6.07, 6.45) is 0.693. The Hall–Kier alpha value is -2.54. The van der Waals surface area contributed by atoms with Gasteiger partial charge in [-0.15, -0.1) is 0 Å².